The van der Waals surface area contributed by atoms with E-state index in [4.69, 9.17) is 16.9 Å². The summed E-state index contributed by atoms with van der Waals surface area (Å²) < 4.78 is 0.701. The van der Waals surface area contributed by atoms with Crippen molar-refractivity contribution in [3.63, 3.8) is 0 Å². The summed E-state index contributed by atoms with van der Waals surface area (Å²) in [5.74, 6) is -0.773. The predicted molar refractivity (Wildman–Crippen MR) is 60.6 cm³/mol. The highest BCUT2D eigenvalue weighted by Gasteiger charge is 2.14. The summed E-state index contributed by atoms with van der Waals surface area (Å²) in [5.41, 5.74) is 0. The number of halogens is 1. The lowest BCUT2D eigenvalue weighted by Crippen LogP contribution is -2.28. The second-order valence-electron chi connectivity index (χ2n) is 3.01. The van der Waals surface area contributed by atoms with Crippen LogP contribution in [0.4, 0.5) is 0 Å². The summed E-state index contributed by atoms with van der Waals surface area (Å²) in [7, 11) is 0. The van der Waals surface area contributed by atoms with Crippen LogP contribution in [0.3, 0.4) is 0 Å². The molecular formula is C10H11ClN2OS. The van der Waals surface area contributed by atoms with Gasteiger partial charge in [-0.3, -0.25) is 4.79 Å². The molecule has 5 heteroatoms. The molecule has 1 atom stereocenters. The molecule has 1 amide bonds. The molecule has 0 fully saturated rings. The fourth-order valence-electron chi connectivity index (χ4n) is 1.08. The van der Waals surface area contributed by atoms with Gasteiger partial charge in [-0.05, 0) is 18.6 Å². The number of nitrogens with zero attached hydrogens (tertiary/aromatic N) is 1. The van der Waals surface area contributed by atoms with Gasteiger partial charge < -0.3 is 5.32 Å². The number of carbonyl (C=O) groups is 1. The van der Waals surface area contributed by atoms with E-state index in [9.17, 15) is 4.79 Å². The zero-order valence-electron chi connectivity index (χ0n) is 8.29. The van der Waals surface area contributed by atoms with Crippen molar-refractivity contribution < 1.29 is 4.79 Å². The van der Waals surface area contributed by atoms with Crippen LogP contribution < -0.4 is 5.32 Å². The van der Waals surface area contributed by atoms with Gasteiger partial charge in [0.15, 0.2) is 0 Å². The Morgan fingerprint density at radius 1 is 1.73 bits per heavy atom. The lowest BCUT2D eigenvalue weighted by Gasteiger charge is -2.06. The summed E-state index contributed by atoms with van der Waals surface area (Å²) >= 11 is 7.17. The smallest absolute Gasteiger partial charge is 0.237 e. The molecular weight excluding hydrogens is 232 g/mol. The molecule has 0 bridgehead atoms. The molecule has 1 aromatic heterocycles. The second kappa shape index (κ2) is 5.74. The fourth-order valence-corrected chi connectivity index (χ4v) is 2.11. The van der Waals surface area contributed by atoms with Crippen molar-refractivity contribution in [2.45, 2.75) is 19.9 Å². The van der Waals surface area contributed by atoms with Gasteiger partial charge in [0.1, 0.15) is 5.92 Å². The van der Waals surface area contributed by atoms with Crippen LogP contribution in [0, 0.1) is 17.2 Å². The van der Waals surface area contributed by atoms with Gasteiger partial charge in [0, 0.05) is 4.88 Å². The van der Waals surface area contributed by atoms with Crippen molar-refractivity contribution >= 4 is 28.8 Å². The highest BCUT2D eigenvalue weighted by Crippen LogP contribution is 2.21. The van der Waals surface area contributed by atoms with Crippen molar-refractivity contribution in [3.05, 3.63) is 21.3 Å². The zero-order valence-corrected chi connectivity index (χ0v) is 9.86. The number of hydrogen-bond acceptors (Lipinski definition) is 3. The summed E-state index contributed by atoms with van der Waals surface area (Å²) in [4.78, 5) is 12.4. The molecule has 0 saturated heterocycles. The van der Waals surface area contributed by atoms with E-state index in [0.717, 1.165) is 4.88 Å². The van der Waals surface area contributed by atoms with E-state index in [2.05, 4.69) is 5.32 Å². The van der Waals surface area contributed by atoms with E-state index in [1.807, 2.05) is 19.1 Å². The van der Waals surface area contributed by atoms with E-state index in [1.54, 1.807) is 6.07 Å². The first-order chi connectivity index (χ1) is 7.17. The molecule has 15 heavy (non-hydrogen) atoms. The van der Waals surface area contributed by atoms with E-state index >= 15 is 0 Å². The van der Waals surface area contributed by atoms with Crippen LogP contribution >= 0.6 is 22.9 Å². The van der Waals surface area contributed by atoms with Gasteiger partial charge in [-0.2, -0.15) is 5.26 Å². The van der Waals surface area contributed by atoms with Crippen LogP contribution in [-0.4, -0.2) is 5.91 Å². The molecule has 1 rings (SSSR count). The molecule has 0 aliphatic heterocycles. The maximum atomic E-state index is 11.4. The van der Waals surface area contributed by atoms with Gasteiger partial charge in [0.05, 0.1) is 17.0 Å². The molecule has 0 spiro atoms. The Bertz CT molecular complexity index is 383. The minimum absolute atomic E-state index is 0.218. The van der Waals surface area contributed by atoms with Crippen molar-refractivity contribution in [1.29, 1.82) is 5.26 Å². The van der Waals surface area contributed by atoms with Crippen LogP contribution in [-0.2, 0) is 11.3 Å². The van der Waals surface area contributed by atoms with Gasteiger partial charge in [0.2, 0.25) is 5.91 Å². The number of thiophene rings is 1. The average molecular weight is 243 g/mol. The number of amides is 1. The number of rotatable bonds is 4. The highest BCUT2D eigenvalue weighted by molar-refractivity contribution is 7.16. The molecule has 1 heterocycles. The molecule has 1 unspecified atom stereocenters. The number of carbonyl (C=O) groups excluding carboxylic acids is 1. The molecule has 3 nitrogen and oxygen atoms in total. The molecule has 1 aromatic rings. The summed E-state index contributed by atoms with van der Waals surface area (Å²) in [6.07, 6.45) is 0.535. The van der Waals surface area contributed by atoms with Gasteiger partial charge in [-0.25, -0.2) is 0 Å². The Morgan fingerprint density at radius 3 is 2.93 bits per heavy atom. The highest BCUT2D eigenvalue weighted by atomic mass is 35.5. The van der Waals surface area contributed by atoms with Gasteiger partial charge in [-0.1, -0.05) is 18.5 Å². The molecule has 0 radical (unpaired) electrons. The Morgan fingerprint density at radius 2 is 2.47 bits per heavy atom. The quantitative estimate of drug-likeness (QED) is 0.882. The SMILES string of the molecule is CCC(C#N)C(=O)NCc1ccc(Cl)s1. The molecule has 0 aromatic carbocycles. The Kier molecular flexibility index (Phi) is 4.60. The lowest BCUT2D eigenvalue weighted by atomic mass is 10.1. The third-order valence-corrected chi connectivity index (χ3v) is 3.18. The van der Waals surface area contributed by atoms with Crippen LogP contribution in [0.25, 0.3) is 0 Å². The molecule has 0 aliphatic rings. The van der Waals surface area contributed by atoms with E-state index < -0.39 is 5.92 Å². The normalized spacial score (nSPS) is 11.8. The minimum Gasteiger partial charge on any atom is -0.350 e. The van der Waals surface area contributed by atoms with Crippen molar-refractivity contribution in [1.82, 2.24) is 5.32 Å². The van der Waals surface area contributed by atoms with Gasteiger partial charge >= 0.3 is 0 Å². The predicted octanol–water partition coefficient (Wildman–Crippen LogP) is 2.57. The zero-order chi connectivity index (χ0) is 11.3. The number of nitrogens with one attached hydrogen (secondary N) is 1. The summed E-state index contributed by atoms with van der Waals surface area (Å²) in [5, 5.41) is 11.4. The summed E-state index contributed by atoms with van der Waals surface area (Å²) in [6.45, 7) is 2.25. The molecule has 0 aliphatic carbocycles. The van der Waals surface area contributed by atoms with E-state index in [1.165, 1.54) is 11.3 Å². The summed E-state index contributed by atoms with van der Waals surface area (Å²) in [6, 6.07) is 5.61. The average Bonchev–Trinajstić information content (AvgIpc) is 2.63. The van der Waals surface area contributed by atoms with Crippen molar-refractivity contribution in [3.8, 4) is 6.07 Å². The standard InChI is InChI=1S/C10H11ClN2OS/c1-2-7(5-12)10(14)13-6-8-3-4-9(11)15-8/h3-4,7H,2,6H2,1H3,(H,13,14). The lowest BCUT2D eigenvalue weighted by molar-refractivity contribution is -0.123. The van der Waals surface area contributed by atoms with Crippen LogP contribution in [0.15, 0.2) is 12.1 Å². The molecule has 80 valence electrons. The van der Waals surface area contributed by atoms with E-state index in [0.29, 0.717) is 17.3 Å². The third kappa shape index (κ3) is 3.54. The first-order valence-corrected chi connectivity index (χ1v) is 5.78. The Balaban J connectivity index is 2.44. The van der Waals surface area contributed by atoms with Crippen LogP contribution in [0.1, 0.15) is 18.2 Å². The third-order valence-electron chi connectivity index (χ3n) is 1.95. The number of nitriles is 1. The Hall–Kier alpha value is -1.05. The minimum atomic E-state index is -0.555. The van der Waals surface area contributed by atoms with Crippen molar-refractivity contribution in [2.24, 2.45) is 5.92 Å². The second-order valence-corrected chi connectivity index (χ2v) is 4.81. The number of hydrogen-bond donors (Lipinski definition) is 1. The van der Waals surface area contributed by atoms with Crippen LogP contribution in [0.5, 0.6) is 0 Å². The largest absolute Gasteiger partial charge is 0.350 e. The fraction of sp³-hybridized carbons (Fsp3) is 0.400. The maximum absolute atomic E-state index is 11.4. The van der Waals surface area contributed by atoms with Crippen molar-refractivity contribution in [2.75, 3.05) is 0 Å². The van der Waals surface area contributed by atoms with Crippen LogP contribution in [0.2, 0.25) is 4.34 Å². The topological polar surface area (TPSA) is 52.9 Å². The molecule has 1 N–H and O–H groups in total. The first-order valence-electron chi connectivity index (χ1n) is 4.59. The maximum Gasteiger partial charge on any atom is 0.237 e. The monoisotopic (exact) mass is 242 g/mol. The van der Waals surface area contributed by atoms with Gasteiger partial charge in [-0.15, -0.1) is 11.3 Å². The van der Waals surface area contributed by atoms with Gasteiger partial charge in [0.25, 0.3) is 0 Å². The Labute approximate surface area is 97.7 Å². The molecule has 0 saturated carbocycles. The van der Waals surface area contributed by atoms with E-state index in [-0.39, 0.29) is 5.91 Å². The first kappa shape index (κ1) is 12.0.